The fraction of sp³-hybridized carbons (Fsp3) is 0.294. The molecule has 0 aliphatic carbocycles. The first-order chi connectivity index (χ1) is 11.5. The zero-order chi connectivity index (χ0) is 17.5. The normalized spacial score (nSPS) is 11.6. The van der Waals surface area contributed by atoms with Gasteiger partial charge < -0.3 is 10.1 Å². The maximum absolute atomic E-state index is 12.0. The van der Waals surface area contributed by atoms with Crippen LogP contribution in [-0.4, -0.2) is 28.5 Å². The third-order valence-electron chi connectivity index (χ3n) is 3.34. The summed E-state index contributed by atoms with van der Waals surface area (Å²) in [5, 5.41) is 2.85. The monoisotopic (exact) mass is 391 g/mol. The van der Waals surface area contributed by atoms with E-state index in [9.17, 15) is 9.59 Å². The summed E-state index contributed by atoms with van der Waals surface area (Å²) in [7, 11) is 0. The zero-order valence-corrected chi connectivity index (χ0v) is 15.0. The van der Waals surface area contributed by atoms with Gasteiger partial charge in [0.1, 0.15) is 0 Å². The summed E-state index contributed by atoms with van der Waals surface area (Å²) >= 11 is 3.38. The molecule has 0 radical (unpaired) electrons. The number of hydrogen-bond acceptors (Lipinski definition) is 5. The van der Waals surface area contributed by atoms with Gasteiger partial charge in [-0.3, -0.25) is 9.78 Å². The van der Waals surface area contributed by atoms with Crippen LogP contribution in [-0.2, 0) is 9.53 Å². The molecule has 0 unspecified atom stereocenters. The highest BCUT2D eigenvalue weighted by molar-refractivity contribution is 9.10. The lowest BCUT2D eigenvalue weighted by Crippen LogP contribution is -2.32. The quantitative estimate of drug-likeness (QED) is 0.765. The van der Waals surface area contributed by atoms with Crippen molar-refractivity contribution in [1.82, 2.24) is 15.3 Å². The fourth-order valence-electron chi connectivity index (χ4n) is 2.06. The van der Waals surface area contributed by atoms with Gasteiger partial charge in [0, 0.05) is 10.7 Å². The summed E-state index contributed by atoms with van der Waals surface area (Å²) in [5.74, 6) is -1.03. The highest BCUT2D eigenvalue weighted by Crippen LogP contribution is 2.19. The molecule has 7 heteroatoms. The number of aromatic nitrogens is 2. The van der Waals surface area contributed by atoms with Crippen molar-refractivity contribution in [1.29, 1.82) is 0 Å². The van der Waals surface area contributed by atoms with Crippen molar-refractivity contribution < 1.29 is 14.3 Å². The molecule has 0 bridgehead atoms. The van der Waals surface area contributed by atoms with Crippen molar-refractivity contribution in [3.05, 3.63) is 58.1 Å². The molecule has 1 aromatic carbocycles. The molecule has 0 aliphatic heterocycles. The summed E-state index contributed by atoms with van der Waals surface area (Å²) in [4.78, 5) is 31.7. The number of esters is 1. The van der Waals surface area contributed by atoms with Gasteiger partial charge in [-0.05, 0) is 31.0 Å². The number of benzene rings is 1. The molecule has 126 valence electrons. The first-order valence-corrected chi connectivity index (χ1v) is 8.29. The number of nitrogens with zero attached hydrogens (tertiary/aromatic N) is 2. The van der Waals surface area contributed by atoms with Gasteiger partial charge >= 0.3 is 5.97 Å². The number of nitrogens with one attached hydrogen (secondary N) is 1. The van der Waals surface area contributed by atoms with Gasteiger partial charge in [0.25, 0.3) is 5.91 Å². The van der Waals surface area contributed by atoms with Crippen molar-refractivity contribution in [2.45, 2.75) is 26.3 Å². The molecule has 2 rings (SSSR count). The van der Waals surface area contributed by atoms with Crippen LogP contribution in [0.15, 0.2) is 41.1 Å². The minimum Gasteiger partial charge on any atom is -0.451 e. The predicted octanol–water partition coefficient (Wildman–Crippen LogP) is 2.97. The van der Waals surface area contributed by atoms with Crippen molar-refractivity contribution in [3.8, 4) is 0 Å². The summed E-state index contributed by atoms with van der Waals surface area (Å²) in [6.45, 7) is 3.38. The van der Waals surface area contributed by atoms with E-state index in [4.69, 9.17) is 4.74 Å². The highest BCUT2D eigenvalue weighted by Gasteiger charge is 2.15. The minimum atomic E-state index is -0.672. The number of carbonyl (C=O) groups is 2. The third-order valence-corrected chi connectivity index (χ3v) is 3.87. The van der Waals surface area contributed by atoms with Crippen LogP contribution in [0.5, 0.6) is 0 Å². The second-order valence-electron chi connectivity index (χ2n) is 5.20. The lowest BCUT2D eigenvalue weighted by molar-refractivity contribution is -0.125. The maximum Gasteiger partial charge on any atom is 0.359 e. The smallest absolute Gasteiger partial charge is 0.359 e. The Morgan fingerprint density at radius 3 is 2.50 bits per heavy atom. The SMILES string of the molecule is CC[C@H](NC(=O)COC(=O)c1cnc(C)cn1)c1ccc(Br)cc1. The lowest BCUT2D eigenvalue weighted by Gasteiger charge is -2.17. The van der Waals surface area contributed by atoms with Crippen molar-refractivity contribution >= 4 is 27.8 Å². The Morgan fingerprint density at radius 1 is 1.21 bits per heavy atom. The van der Waals surface area contributed by atoms with Crippen LogP contribution in [0.2, 0.25) is 0 Å². The van der Waals surface area contributed by atoms with Gasteiger partial charge in [-0.25, -0.2) is 9.78 Å². The van der Waals surface area contributed by atoms with Crippen LogP contribution >= 0.6 is 15.9 Å². The molecule has 0 aliphatic rings. The van der Waals surface area contributed by atoms with Crippen molar-refractivity contribution in [2.24, 2.45) is 0 Å². The fourth-order valence-corrected chi connectivity index (χ4v) is 2.32. The van der Waals surface area contributed by atoms with Crippen LogP contribution < -0.4 is 5.32 Å². The van der Waals surface area contributed by atoms with E-state index in [0.717, 1.165) is 16.5 Å². The predicted molar refractivity (Wildman–Crippen MR) is 92.4 cm³/mol. The Kier molecular flexibility index (Phi) is 6.43. The number of carbonyl (C=O) groups excluding carboxylic acids is 2. The number of aryl methyl sites for hydroxylation is 1. The van der Waals surface area contributed by atoms with Gasteiger partial charge in [0.05, 0.1) is 17.9 Å². The van der Waals surface area contributed by atoms with E-state index < -0.39 is 5.97 Å². The minimum absolute atomic E-state index is 0.0772. The second-order valence-corrected chi connectivity index (χ2v) is 6.11. The molecule has 0 saturated heterocycles. The summed E-state index contributed by atoms with van der Waals surface area (Å²) < 4.78 is 5.94. The van der Waals surface area contributed by atoms with Crippen LogP contribution in [0, 0.1) is 6.92 Å². The zero-order valence-electron chi connectivity index (χ0n) is 13.5. The van der Waals surface area contributed by atoms with E-state index in [1.165, 1.54) is 12.4 Å². The Labute approximate surface area is 148 Å². The number of amides is 1. The molecule has 6 nitrogen and oxygen atoms in total. The van der Waals surface area contributed by atoms with Crippen LogP contribution in [0.25, 0.3) is 0 Å². The van der Waals surface area contributed by atoms with Gasteiger partial charge in [-0.2, -0.15) is 0 Å². The Hall–Kier alpha value is -2.28. The standard InChI is InChI=1S/C17H18BrN3O3/c1-3-14(12-4-6-13(18)7-5-12)21-16(22)10-24-17(23)15-9-19-11(2)8-20-15/h4-9,14H,3,10H2,1-2H3,(H,21,22)/t14-/m0/s1. The molecule has 24 heavy (non-hydrogen) atoms. The van der Waals surface area contributed by atoms with E-state index in [-0.39, 0.29) is 24.2 Å². The largest absolute Gasteiger partial charge is 0.451 e. The number of ether oxygens (including phenoxy) is 1. The van der Waals surface area contributed by atoms with Crippen LogP contribution in [0.1, 0.15) is 41.1 Å². The number of hydrogen-bond donors (Lipinski definition) is 1. The average molecular weight is 392 g/mol. The van der Waals surface area contributed by atoms with E-state index in [1.807, 2.05) is 31.2 Å². The molecule has 2 aromatic rings. The summed E-state index contributed by atoms with van der Waals surface area (Å²) in [5.41, 5.74) is 1.77. The molecular formula is C17H18BrN3O3. The van der Waals surface area contributed by atoms with E-state index in [2.05, 4.69) is 31.2 Å². The first-order valence-electron chi connectivity index (χ1n) is 7.50. The Morgan fingerprint density at radius 2 is 1.92 bits per heavy atom. The molecule has 1 aromatic heterocycles. The second kappa shape index (κ2) is 8.54. The van der Waals surface area contributed by atoms with Gasteiger partial charge in [-0.15, -0.1) is 0 Å². The number of halogens is 1. The van der Waals surface area contributed by atoms with E-state index in [0.29, 0.717) is 5.69 Å². The van der Waals surface area contributed by atoms with Gasteiger partial charge in [0.15, 0.2) is 12.3 Å². The molecule has 0 spiro atoms. The topological polar surface area (TPSA) is 81.2 Å². The number of rotatable bonds is 6. The van der Waals surface area contributed by atoms with E-state index in [1.54, 1.807) is 6.92 Å². The van der Waals surface area contributed by atoms with Crippen LogP contribution in [0.4, 0.5) is 0 Å². The molecule has 1 amide bonds. The van der Waals surface area contributed by atoms with Gasteiger partial charge in [0.2, 0.25) is 0 Å². The summed E-state index contributed by atoms with van der Waals surface area (Å²) in [6, 6.07) is 7.57. The molecule has 1 N–H and O–H groups in total. The van der Waals surface area contributed by atoms with Gasteiger partial charge in [-0.1, -0.05) is 35.0 Å². The van der Waals surface area contributed by atoms with Crippen molar-refractivity contribution in [3.63, 3.8) is 0 Å². The molecule has 1 atom stereocenters. The maximum atomic E-state index is 12.0. The molecule has 1 heterocycles. The summed E-state index contributed by atoms with van der Waals surface area (Å²) in [6.07, 6.45) is 3.52. The molecular weight excluding hydrogens is 374 g/mol. The Bertz CT molecular complexity index is 702. The molecule has 0 saturated carbocycles. The van der Waals surface area contributed by atoms with Crippen molar-refractivity contribution in [2.75, 3.05) is 6.61 Å². The third kappa shape index (κ3) is 5.13. The lowest BCUT2D eigenvalue weighted by atomic mass is 10.0. The Balaban J connectivity index is 1.88. The molecule has 0 fully saturated rings. The first kappa shape index (κ1) is 18.1. The highest BCUT2D eigenvalue weighted by atomic mass is 79.9. The van der Waals surface area contributed by atoms with Crippen LogP contribution in [0.3, 0.4) is 0 Å². The van der Waals surface area contributed by atoms with E-state index >= 15 is 0 Å². The average Bonchev–Trinajstić information content (AvgIpc) is 2.59.